The number of para-hydroxylation sites is 3. The molecule has 0 aliphatic rings. The van der Waals surface area contributed by atoms with Crippen molar-refractivity contribution in [3.8, 4) is 23.0 Å². The highest BCUT2D eigenvalue weighted by molar-refractivity contribution is 5.93. The van der Waals surface area contributed by atoms with Crippen molar-refractivity contribution in [1.29, 1.82) is 0 Å². The first-order chi connectivity index (χ1) is 17.0. The van der Waals surface area contributed by atoms with Gasteiger partial charge in [0.25, 0.3) is 5.91 Å². The van der Waals surface area contributed by atoms with E-state index in [1.807, 2.05) is 43.3 Å². The summed E-state index contributed by atoms with van der Waals surface area (Å²) < 4.78 is 22.7. The van der Waals surface area contributed by atoms with Crippen molar-refractivity contribution in [2.24, 2.45) is 0 Å². The molecule has 7 nitrogen and oxygen atoms in total. The highest BCUT2D eigenvalue weighted by Crippen LogP contribution is 2.30. The molecule has 35 heavy (non-hydrogen) atoms. The van der Waals surface area contributed by atoms with Crippen LogP contribution in [0.5, 0.6) is 23.0 Å². The van der Waals surface area contributed by atoms with Crippen LogP contribution < -0.4 is 25.0 Å². The lowest BCUT2D eigenvalue weighted by atomic mass is 10.0. The van der Waals surface area contributed by atoms with Gasteiger partial charge in [-0.2, -0.15) is 0 Å². The van der Waals surface area contributed by atoms with Gasteiger partial charge in [-0.15, -0.1) is 0 Å². The van der Waals surface area contributed by atoms with Crippen molar-refractivity contribution >= 4 is 22.6 Å². The number of carbonyl (C=O) groups is 1. The first kappa shape index (κ1) is 23.9. The van der Waals surface area contributed by atoms with Crippen LogP contribution in [0.4, 0.5) is 5.69 Å². The summed E-state index contributed by atoms with van der Waals surface area (Å²) in [5.41, 5.74) is 1.61. The number of carbonyl (C=O) groups excluding carboxylic acids is 1. The van der Waals surface area contributed by atoms with Crippen molar-refractivity contribution in [2.75, 3.05) is 18.5 Å². The monoisotopic (exact) mass is 473 g/mol. The van der Waals surface area contributed by atoms with Crippen LogP contribution >= 0.6 is 0 Å². The smallest absolute Gasteiger partial charge is 0.262 e. The van der Waals surface area contributed by atoms with Crippen LogP contribution in [0.25, 0.3) is 11.0 Å². The second kappa shape index (κ2) is 10.8. The highest BCUT2D eigenvalue weighted by atomic mass is 16.5. The lowest BCUT2D eigenvalue weighted by molar-refractivity contribution is -0.118. The largest absolute Gasteiger partial charge is 0.492 e. The van der Waals surface area contributed by atoms with Gasteiger partial charge >= 0.3 is 0 Å². The summed E-state index contributed by atoms with van der Waals surface area (Å²) >= 11 is 0. The third-order valence-corrected chi connectivity index (χ3v) is 5.31. The zero-order valence-electron chi connectivity index (χ0n) is 19.9. The van der Waals surface area contributed by atoms with Gasteiger partial charge in [0.05, 0.1) is 17.7 Å². The van der Waals surface area contributed by atoms with Crippen molar-refractivity contribution in [3.63, 3.8) is 0 Å². The normalized spacial score (nSPS) is 10.9. The standard InChI is InChI=1S/C28H27NO6/c1-4-32-24-12-8-6-10-22(24)29-27(30)17-33-19-13-14-21-25(15-19)34-16-26(28(21)31)35-23-11-7-5-9-20(23)18(2)3/h5-16,18H,4,17H2,1-3H3,(H,29,30). The number of anilines is 1. The minimum Gasteiger partial charge on any atom is -0.492 e. The molecule has 0 unspecified atom stereocenters. The Morgan fingerprint density at radius 2 is 1.69 bits per heavy atom. The average Bonchev–Trinajstić information content (AvgIpc) is 2.86. The van der Waals surface area contributed by atoms with Gasteiger partial charge in [0.2, 0.25) is 11.2 Å². The number of amides is 1. The molecule has 0 radical (unpaired) electrons. The molecule has 1 heterocycles. The van der Waals surface area contributed by atoms with E-state index in [0.717, 1.165) is 5.56 Å². The second-order valence-corrected chi connectivity index (χ2v) is 8.15. The third-order valence-electron chi connectivity index (χ3n) is 5.31. The van der Waals surface area contributed by atoms with Crippen molar-refractivity contribution in [1.82, 2.24) is 0 Å². The predicted octanol–water partition coefficient (Wildman–Crippen LogP) is 6.12. The Morgan fingerprint density at radius 3 is 2.46 bits per heavy atom. The SMILES string of the molecule is CCOc1ccccc1NC(=O)COc1ccc2c(=O)c(Oc3ccccc3C(C)C)coc2c1. The summed E-state index contributed by atoms with van der Waals surface area (Å²) in [5, 5.41) is 3.13. The summed E-state index contributed by atoms with van der Waals surface area (Å²) in [5.74, 6) is 1.60. The third kappa shape index (κ3) is 5.63. The lowest BCUT2D eigenvalue weighted by Crippen LogP contribution is -2.20. The number of nitrogens with one attached hydrogen (secondary N) is 1. The Labute approximate surface area is 203 Å². The van der Waals surface area contributed by atoms with Crippen molar-refractivity contribution < 1.29 is 23.4 Å². The summed E-state index contributed by atoms with van der Waals surface area (Å²) in [4.78, 5) is 25.3. The Balaban J connectivity index is 1.46. The molecule has 1 N–H and O–H groups in total. The Hall–Kier alpha value is -4.26. The van der Waals surface area contributed by atoms with Gasteiger partial charge in [-0.1, -0.05) is 44.2 Å². The molecule has 7 heteroatoms. The van der Waals surface area contributed by atoms with Crippen LogP contribution in [0.2, 0.25) is 0 Å². The van der Waals surface area contributed by atoms with Gasteiger partial charge in [-0.05, 0) is 48.7 Å². The van der Waals surface area contributed by atoms with E-state index in [0.29, 0.717) is 40.5 Å². The molecular weight excluding hydrogens is 446 g/mol. The lowest BCUT2D eigenvalue weighted by Gasteiger charge is -2.13. The van der Waals surface area contributed by atoms with E-state index in [2.05, 4.69) is 19.2 Å². The molecule has 0 aliphatic carbocycles. The maximum absolute atomic E-state index is 13.0. The molecular formula is C28H27NO6. The van der Waals surface area contributed by atoms with E-state index >= 15 is 0 Å². The van der Waals surface area contributed by atoms with Crippen LogP contribution in [-0.2, 0) is 4.79 Å². The molecule has 0 saturated carbocycles. The van der Waals surface area contributed by atoms with E-state index in [-0.39, 0.29) is 29.6 Å². The van der Waals surface area contributed by atoms with Gasteiger partial charge in [0.1, 0.15) is 29.1 Å². The fraction of sp³-hybridized carbons (Fsp3) is 0.214. The highest BCUT2D eigenvalue weighted by Gasteiger charge is 2.14. The molecule has 0 saturated heterocycles. The van der Waals surface area contributed by atoms with Gasteiger partial charge < -0.3 is 23.9 Å². The van der Waals surface area contributed by atoms with E-state index in [1.54, 1.807) is 30.3 Å². The number of hydrogen-bond acceptors (Lipinski definition) is 6. The average molecular weight is 474 g/mol. The Kier molecular flexibility index (Phi) is 7.35. The fourth-order valence-electron chi connectivity index (χ4n) is 3.61. The molecule has 180 valence electrons. The first-order valence-electron chi connectivity index (χ1n) is 11.4. The number of benzene rings is 3. The van der Waals surface area contributed by atoms with Gasteiger partial charge in [-0.3, -0.25) is 9.59 Å². The molecule has 4 aromatic rings. The zero-order chi connectivity index (χ0) is 24.8. The Bertz CT molecular complexity index is 1390. The number of ether oxygens (including phenoxy) is 3. The van der Waals surface area contributed by atoms with E-state index < -0.39 is 0 Å². The first-order valence-corrected chi connectivity index (χ1v) is 11.4. The number of hydrogen-bond donors (Lipinski definition) is 1. The quantitative estimate of drug-likeness (QED) is 0.315. The maximum Gasteiger partial charge on any atom is 0.262 e. The number of fused-ring (bicyclic) bond motifs is 1. The van der Waals surface area contributed by atoms with Crippen LogP contribution in [0.1, 0.15) is 32.3 Å². The summed E-state index contributed by atoms with van der Waals surface area (Å²) in [7, 11) is 0. The molecule has 1 aromatic heterocycles. The van der Waals surface area contributed by atoms with Crippen molar-refractivity contribution in [2.45, 2.75) is 26.7 Å². The molecule has 3 aromatic carbocycles. The zero-order valence-corrected chi connectivity index (χ0v) is 19.9. The molecule has 0 fully saturated rings. The topological polar surface area (TPSA) is 87.0 Å². The van der Waals surface area contributed by atoms with Crippen LogP contribution in [0.15, 0.2) is 82.2 Å². The fourth-order valence-corrected chi connectivity index (χ4v) is 3.61. The van der Waals surface area contributed by atoms with Gasteiger partial charge in [-0.25, -0.2) is 0 Å². The minimum atomic E-state index is -0.341. The molecule has 0 aliphatic heterocycles. The van der Waals surface area contributed by atoms with Crippen LogP contribution in [0, 0.1) is 0 Å². The summed E-state index contributed by atoms with van der Waals surface area (Å²) in [6.45, 7) is 6.26. The van der Waals surface area contributed by atoms with E-state index in [4.69, 9.17) is 18.6 Å². The molecule has 4 rings (SSSR count). The van der Waals surface area contributed by atoms with Gasteiger partial charge in [0, 0.05) is 6.07 Å². The minimum absolute atomic E-state index is 0.103. The van der Waals surface area contributed by atoms with E-state index in [9.17, 15) is 9.59 Å². The number of rotatable bonds is 9. The van der Waals surface area contributed by atoms with Crippen LogP contribution in [0.3, 0.4) is 0 Å². The summed E-state index contributed by atoms with van der Waals surface area (Å²) in [6.07, 6.45) is 1.29. The van der Waals surface area contributed by atoms with Crippen LogP contribution in [-0.4, -0.2) is 19.1 Å². The van der Waals surface area contributed by atoms with Crippen molar-refractivity contribution in [3.05, 3.63) is 88.8 Å². The predicted molar refractivity (Wildman–Crippen MR) is 135 cm³/mol. The second-order valence-electron chi connectivity index (χ2n) is 8.15. The van der Waals surface area contributed by atoms with Gasteiger partial charge in [0.15, 0.2) is 6.61 Å². The molecule has 0 spiro atoms. The van der Waals surface area contributed by atoms with E-state index in [1.165, 1.54) is 6.26 Å². The molecule has 0 atom stereocenters. The molecule has 0 bridgehead atoms. The molecule has 1 amide bonds. The maximum atomic E-state index is 13.0. The Morgan fingerprint density at radius 1 is 0.943 bits per heavy atom. The summed E-state index contributed by atoms with van der Waals surface area (Å²) in [6, 6.07) is 19.6.